The first-order chi connectivity index (χ1) is 8.97. The molecule has 19 heavy (non-hydrogen) atoms. The van der Waals surface area contributed by atoms with Crippen molar-refractivity contribution in [2.75, 3.05) is 6.61 Å². The Morgan fingerprint density at radius 1 is 1.47 bits per heavy atom. The molecule has 0 bridgehead atoms. The Labute approximate surface area is 114 Å². The maximum Gasteiger partial charge on any atom is 0.325 e. The highest BCUT2D eigenvalue weighted by molar-refractivity contribution is 6.30. The van der Waals surface area contributed by atoms with Crippen LogP contribution in [0.2, 0.25) is 5.02 Å². The van der Waals surface area contributed by atoms with Crippen molar-refractivity contribution in [2.45, 2.75) is 13.0 Å². The standard InChI is InChI=1S/C13H12ClNO4/c1-7(13(17)18)15-12(16)9-4-8-5-10(14)2-3-11(8)19-6-9/h2-5,7H,6H2,1H3,(H,15,16)(H,17,18)/t7-/m1/s1. The number of carbonyl (C=O) groups is 2. The van der Waals surface area contributed by atoms with Crippen LogP contribution >= 0.6 is 11.6 Å². The Morgan fingerprint density at radius 3 is 2.89 bits per heavy atom. The molecule has 1 amide bonds. The molecule has 0 spiro atoms. The van der Waals surface area contributed by atoms with Crippen LogP contribution in [0.5, 0.6) is 5.75 Å². The van der Waals surface area contributed by atoms with E-state index in [1.807, 2.05) is 0 Å². The monoisotopic (exact) mass is 281 g/mol. The molecule has 2 N–H and O–H groups in total. The van der Waals surface area contributed by atoms with Gasteiger partial charge in [0, 0.05) is 10.6 Å². The van der Waals surface area contributed by atoms with Crippen LogP contribution in [-0.4, -0.2) is 29.6 Å². The maximum absolute atomic E-state index is 11.9. The van der Waals surface area contributed by atoms with Crippen LogP contribution < -0.4 is 10.1 Å². The zero-order valence-corrected chi connectivity index (χ0v) is 10.9. The van der Waals surface area contributed by atoms with E-state index in [4.69, 9.17) is 21.4 Å². The fourth-order valence-corrected chi connectivity index (χ4v) is 1.81. The third-order valence-electron chi connectivity index (χ3n) is 2.69. The summed E-state index contributed by atoms with van der Waals surface area (Å²) in [5, 5.41) is 11.7. The number of hydrogen-bond donors (Lipinski definition) is 2. The average molecular weight is 282 g/mol. The molecule has 1 aromatic rings. The topological polar surface area (TPSA) is 75.6 Å². The van der Waals surface area contributed by atoms with Gasteiger partial charge in [-0.05, 0) is 31.2 Å². The summed E-state index contributed by atoms with van der Waals surface area (Å²) in [5.74, 6) is -0.901. The van der Waals surface area contributed by atoms with Crippen LogP contribution in [0.25, 0.3) is 6.08 Å². The lowest BCUT2D eigenvalue weighted by atomic mass is 10.1. The normalized spacial score (nSPS) is 14.7. The zero-order chi connectivity index (χ0) is 14.0. The zero-order valence-electron chi connectivity index (χ0n) is 10.1. The van der Waals surface area contributed by atoms with E-state index in [0.29, 0.717) is 21.9 Å². The fraction of sp³-hybridized carbons (Fsp3) is 0.231. The van der Waals surface area contributed by atoms with Crippen LogP contribution in [-0.2, 0) is 9.59 Å². The van der Waals surface area contributed by atoms with Crippen LogP contribution in [0.15, 0.2) is 23.8 Å². The van der Waals surface area contributed by atoms with Crippen LogP contribution in [0.4, 0.5) is 0 Å². The number of carbonyl (C=O) groups excluding carboxylic acids is 1. The van der Waals surface area contributed by atoms with Crippen molar-refractivity contribution in [3.8, 4) is 5.75 Å². The van der Waals surface area contributed by atoms with Gasteiger partial charge in [0.05, 0.1) is 5.57 Å². The number of nitrogens with one attached hydrogen (secondary N) is 1. The number of halogens is 1. The van der Waals surface area contributed by atoms with Gasteiger partial charge in [0.2, 0.25) is 0 Å². The molecular weight excluding hydrogens is 270 g/mol. The number of carboxylic acids is 1. The highest BCUT2D eigenvalue weighted by atomic mass is 35.5. The van der Waals surface area contributed by atoms with Gasteiger partial charge in [-0.25, -0.2) is 0 Å². The molecule has 100 valence electrons. The summed E-state index contributed by atoms with van der Waals surface area (Å²) >= 11 is 5.87. The largest absolute Gasteiger partial charge is 0.488 e. The van der Waals surface area contributed by atoms with Crippen LogP contribution in [0.1, 0.15) is 12.5 Å². The summed E-state index contributed by atoms with van der Waals surface area (Å²) < 4.78 is 5.42. The van der Waals surface area contributed by atoms with E-state index in [1.165, 1.54) is 6.92 Å². The van der Waals surface area contributed by atoms with Crippen molar-refractivity contribution in [1.82, 2.24) is 5.32 Å². The van der Waals surface area contributed by atoms with Gasteiger partial charge < -0.3 is 15.2 Å². The van der Waals surface area contributed by atoms with Gasteiger partial charge in [-0.15, -0.1) is 0 Å². The van der Waals surface area contributed by atoms with Gasteiger partial charge in [-0.1, -0.05) is 11.6 Å². The van der Waals surface area contributed by atoms with E-state index < -0.39 is 17.9 Å². The summed E-state index contributed by atoms with van der Waals surface area (Å²) in [7, 11) is 0. The second kappa shape index (κ2) is 5.32. The molecule has 0 aliphatic carbocycles. The molecule has 0 fully saturated rings. The second-order valence-electron chi connectivity index (χ2n) is 4.17. The van der Waals surface area contributed by atoms with E-state index in [0.717, 1.165) is 0 Å². The fourth-order valence-electron chi connectivity index (χ4n) is 1.63. The van der Waals surface area contributed by atoms with Gasteiger partial charge in [0.1, 0.15) is 18.4 Å². The quantitative estimate of drug-likeness (QED) is 0.884. The third kappa shape index (κ3) is 3.06. The lowest BCUT2D eigenvalue weighted by Crippen LogP contribution is -2.40. The summed E-state index contributed by atoms with van der Waals surface area (Å²) in [4.78, 5) is 22.5. The Kier molecular flexibility index (Phi) is 3.76. The lowest BCUT2D eigenvalue weighted by molar-refractivity contribution is -0.140. The predicted molar refractivity (Wildman–Crippen MR) is 70.2 cm³/mol. The first kappa shape index (κ1) is 13.4. The van der Waals surface area contributed by atoms with Gasteiger partial charge in [-0.3, -0.25) is 9.59 Å². The molecule has 6 heteroatoms. The molecule has 1 heterocycles. The Balaban J connectivity index is 2.18. The number of fused-ring (bicyclic) bond motifs is 1. The molecule has 0 unspecified atom stereocenters. The highest BCUT2D eigenvalue weighted by Crippen LogP contribution is 2.28. The van der Waals surface area contributed by atoms with Crippen molar-refractivity contribution < 1.29 is 19.4 Å². The molecular formula is C13H12ClNO4. The Morgan fingerprint density at radius 2 is 2.21 bits per heavy atom. The van der Waals surface area contributed by atoms with Crippen LogP contribution in [0, 0.1) is 0 Å². The minimum atomic E-state index is -1.09. The summed E-state index contributed by atoms with van der Waals surface area (Å²) in [6, 6.07) is 4.16. The number of hydrogen-bond acceptors (Lipinski definition) is 3. The minimum Gasteiger partial charge on any atom is -0.488 e. The molecule has 2 rings (SSSR count). The lowest BCUT2D eigenvalue weighted by Gasteiger charge is -2.18. The SMILES string of the molecule is C[C@@H](NC(=O)C1=Cc2cc(Cl)ccc2OC1)C(=O)O. The first-order valence-corrected chi connectivity index (χ1v) is 6.02. The predicted octanol–water partition coefficient (Wildman–Crippen LogP) is 1.71. The summed E-state index contributed by atoms with van der Waals surface area (Å²) in [6.07, 6.45) is 1.65. The van der Waals surface area contributed by atoms with E-state index in [1.54, 1.807) is 24.3 Å². The Bertz CT molecular complexity index is 568. The maximum atomic E-state index is 11.9. The van der Waals surface area contributed by atoms with Crippen molar-refractivity contribution >= 4 is 29.6 Å². The molecule has 0 saturated carbocycles. The smallest absolute Gasteiger partial charge is 0.325 e. The van der Waals surface area contributed by atoms with Gasteiger partial charge in [0.15, 0.2) is 0 Å². The molecule has 1 aromatic carbocycles. The van der Waals surface area contributed by atoms with Crippen molar-refractivity contribution in [3.63, 3.8) is 0 Å². The summed E-state index contributed by atoms with van der Waals surface area (Å²) in [5.41, 5.74) is 1.06. The number of ether oxygens (including phenoxy) is 1. The molecule has 1 atom stereocenters. The highest BCUT2D eigenvalue weighted by Gasteiger charge is 2.20. The van der Waals surface area contributed by atoms with Crippen LogP contribution in [0.3, 0.4) is 0 Å². The molecule has 0 radical (unpaired) electrons. The van der Waals surface area contributed by atoms with Gasteiger partial charge >= 0.3 is 5.97 Å². The number of amides is 1. The Hall–Kier alpha value is -2.01. The third-order valence-corrected chi connectivity index (χ3v) is 2.93. The molecule has 0 aromatic heterocycles. The molecule has 1 aliphatic rings. The van der Waals surface area contributed by atoms with Gasteiger partial charge in [-0.2, -0.15) is 0 Å². The number of carboxylic acid groups (broad SMARTS) is 1. The molecule has 5 nitrogen and oxygen atoms in total. The molecule has 1 aliphatic heterocycles. The minimum absolute atomic E-state index is 0.104. The molecule has 0 saturated heterocycles. The van der Waals surface area contributed by atoms with Crippen molar-refractivity contribution in [1.29, 1.82) is 0 Å². The summed E-state index contributed by atoms with van der Waals surface area (Å²) in [6.45, 7) is 1.50. The van der Waals surface area contributed by atoms with Gasteiger partial charge in [0.25, 0.3) is 5.91 Å². The number of rotatable bonds is 3. The van der Waals surface area contributed by atoms with E-state index in [2.05, 4.69) is 5.32 Å². The van der Waals surface area contributed by atoms with Crippen molar-refractivity contribution in [3.05, 3.63) is 34.4 Å². The van der Waals surface area contributed by atoms with E-state index >= 15 is 0 Å². The number of benzene rings is 1. The van der Waals surface area contributed by atoms with E-state index in [-0.39, 0.29) is 6.61 Å². The average Bonchev–Trinajstić information content (AvgIpc) is 2.37. The van der Waals surface area contributed by atoms with Crippen molar-refractivity contribution in [2.24, 2.45) is 0 Å². The van der Waals surface area contributed by atoms with E-state index in [9.17, 15) is 9.59 Å². The first-order valence-electron chi connectivity index (χ1n) is 5.64. The number of aliphatic carboxylic acids is 1. The second-order valence-corrected chi connectivity index (χ2v) is 4.61.